The number of hydrogen-bond acceptors (Lipinski definition) is 5. The zero-order chi connectivity index (χ0) is 23.5. The molecule has 34 heavy (non-hydrogen) atoms. The van der Waals surface area contributed by atoms with Gasteiger partial charge in [0.1, 0.15) is 0 Å². The van der Waals surface area contributed by atoms with E-state index < -0.39 is 0 Å². The third-order valence-corrected chi connectivity index (χ3v) is 7.64. The van der Waals surface area contributed by atoms with Gasteiger partial charge in [-0.3, -0.25) is 14.3 Å². The summed E-state index contributed by atoms with van der Waals surface area (Å²) < 4.78 is 2.00. The molecule has 2 amide bonds. The van der Waals surface area contributed by atoms with Crippen molar-refractivity contribution in [3.63, 3.8) is 0 Å². The highest BCUT2D eigenvalue weighted by atomic mass is 32.1. The molecule has 1 aromatic carbocycles. The number of hydrogen-bond donors (Lipinski definition) is 1. The molecule has 0 spiro atoms. The molecule has 3 aromatic rings. The lowest BCUT2D eigenvalue weighted by molar-refractivity contribution is 0.0536. The first kappa shape index (κ1) is 22.8. The predicted octanol–water partition coefficient (Wildman–Crippen LogP) is 3.37. The van der Waals surface area contributed by atoms with Crippen LogP contribution in [0.25, 0.3) is 0 Å². The standard InChI is InChI=1S/C26H30N4O3S/c31-20-10-14-28(15-11-20)26(33)24-21-18-29(25(32)23-9-5-17-34-23)16-12-22(21)30(27-24)13-4-8-19-6-2-1-3-7-19/h1-3,5-7,9,17,20,31H,4,8,10-16,18H2. The van der Waals surface area contributed by atoms with E-state index in [1.165, 1.54) is 16.9 Å². The summed E-state index contributed by atoms with van der Waals surface area (Å²) in [4.78, 5) is 30.8. The van der Waals surface area contributed by atoms with Gasteiger partial charge >= 0.3 is 0 Å². The fourth-order valence-electron chi connectivity index (χ4n) is 4.87. The predicted molar refractivity (Wildman–Crippen MR) is 131 cm³/mol. The average Bonchev–Trinajstić information content (AvgIpc) is 3.53. The van der Waals surface area contributed by atoms with Crippen LogP contribution in [0.15, 0.2) is 47.8 Å². The van der Waals surface area contributed by atoms with Crippen LogP contribution in [0.5, 0.6) is 0 Å². The first-order valence-corrected chi connectivity index (χ1v) is 12.9. The molecule has 0 unspecified atom stereocenters. The van der Waals surface area contributed by atoms with E-state index in [9.17, 15) is 14.7 Å². The van der Waals surface area contributed by atoms with E-state index in [4.69, 9.17) is 5.10 Å². The molecule has 1 saturated heterocycles. The number of aliphatic hydroxyl groups is 1. The number of aromatic nitrogens is 2. The Morgan fingerprint density at radius 3 is 2.53 bits per heavy atom. The second-order valence-corrected chi connectivity index (χ2v) is 10.0. The molecule has 178 valence electrons. The molecule has 4 heterocycles. The van der Waals surface area contributed by atoms with Crippen LogP contribution in [0.1, 0.15) is 56.2 Å². The van der Waals surface area contributed by atoms with Crippen molar-refractivity contribution in [1.82, 2.24) is 19.6 Å². The Labute approximate surface area is 203 Å². The minimum atomic E-state index is -0.340. The number of aliphatic hydroxyl groups excluding tert-OH is 1. The number of likely N-dealkylation sites (tertiary alicyclic amines) is 1. The zero-order valence-electron chi connectivity index (χ0n) is 19.2. The Bertz CT molecular complexity index is 1130. The number of aryl methyl sites for hydroxylation is 2. The molecule has 2 aliphatic heterocycles. The smallest absolute Gasteiger partial charge is 0.274 e. The summed E-state index contributed by atoms with van der Waals surface area (Å²) in [5, 5.41) is 16.6. The lowest BCUT2D eigenvalue weighted by Gasteiger charge is -2.30. The Hall–Kier alpha value is -2.97. The second-order valence-electron chi connectivity index (χ2n) is 9.06. The van der Waals surface area contributed by atoms with Gasteiger partial charge in [0.05, 0.1) is 17.5 Å². The molecule has 0 saturated carbocycles. The maximum atomic E-state index is 13.5. The third-order valence-electron chi connectivity index (χ3n) is 6.79. The first-order chi connectivity index (χ1) is 16.6. The van der Waals surface area contributed by atoms with Crippen molar-refractivity contribution in [2.24, 2.45) is 0 Å². The molecule has 1 N–H and O–H groups in total. The normalized spacial score (nSPS) is 16.5. The van der Waals surface area contributed by atoms with Crippen molar-refractivity contribution >= 4 is 23.2 Å². The summed E-state index contributed by atoms with van der Waals surface area (Å²) in [5.41, 5.74) is 3.71. The van der Waals surface area contributed by atoms with E-state index in [1.807, 2.05) is 33.2 Å². The summed E-state index contributed by atoms with van der Waals surface area (Å²) in [5.74, 6) is -0.0765. The fraction of sp³-hybridized carbons (Fsp3) is 0.423. The second kappa shape index (κ2) is 10.1. The number of rotatable bonds is 6. The van der Waals surface area contributed by atoms with Crippen molar-refractivity contribution in [3.05, 3.63) is 75.2 Å². The molecule has 7 nitrogen and oxygen atoms in total. The Morgan fingerprint density at radius 2 is 1.79 bits per heavy atom. The molecule has 0 aliphatic carbocycles. The fourth-order valence-corrected chi connectivity index (χ4v) is 5.56. The largest absolute Gasteiger partial charge is 0.393 e. The number of amides is 2. The summed E-state index contributed by atoms with van der Waals surface area (Å²) in [6, 6.07) is 14.1. The Balaban J connectivity index is 1.38. The number of carbonyl (C=O) groups excluding carboxylic acids is 2. The van der Waals surface area contributed by atoms with Gasteiger partial charge < -0.3 is 14.9 Å². The number of benzene rings is 1. The van der Waals surface area contributed by atoms with Crippen molar-refractivity contribution in [1.29, 1.82) is 0 Å². The highest BCUT2D eigenvalue weighted by molar-refractivity contribution is 7.12. The monoisotopic (exact) mass is 478 g/mol. The van der Waals surface area contributed by atoms with E-state index in [1.54, 1.807) is 4.90 Å². The van der Waals surface area contributed by atoms with Crippen LogP contribution < -0.4 is 0 Å². The van der Waals surface area contributed by atoms with Gasteiger partial charge in [-0.15, -0.1) is 11.3 Å². The molecule has 2 aromatic heterocycles. The van der Waals surface area contributed by atoms with Crippen LogP contribution in [-0.2, 0) is 25.9 Å². The molecule has 0 bridgehead atoms. The minimum absolute atomic E-state index is 0.0111. The number of fused-ring (bicyclic) bond motifs is 1. The van der Waals surface area contributed by atoms with E-state index in [0.29, 0.717) is 51.1 Å². The summed E-state index contributed by atoms with van der Waals surface area (Å²) in [7, 11) is 0. The topological polar surface area (TPSA) is 78.7 Å². The van der Waals surface area contributed by atoms with Gasteiger partial charge in [0.15, 0.2) is 5.69 Å². The van der Waals surface area contributed by atoms with Gasteiger partial charge in [-0.25, -0.2) is 0 Å². The average molecular weight is 479 g/mol. The number of nitrogens with zero attached hydrogens (tertiary/aromatic N) is 4. The Morgan fingerprint density at radius 1 is 1.00 bits per heavy atom. The molecule has 5 rings (SSSR count). The van der Waals surface area contributed by atoms with Crippen LogP contribution in [0.2, 0.25) is 0 Å². The molecule has 1 fully saturated rings. The summed E-state index contributed by atoms with van der Waals surface area (Å²) >= 11 is 1.44. The maximum absolute atomic E-state index is 13.5. The molecule has 8 heteroatoms. The van der Waals surface area contributed by atoms with Crippen LogP contribution in [0.4, 0.5) is 0 Å². The van der Waals surface area contributed by atoms with E-state index in [2.05, 4.69) is 24.3 Å². The van der Waals surface area contributed by atoms with E-state index >= 15 is 0 Å². The molecule has 0 atom stereocenters. The van der Waals surface area contributed by atoms with Crippen LogP contribution in [-0.4, -0.2) is 62.2 Å². The molecule has 2 aliphatic rings. The molecular formula is C26H30N4O3S. The highest BCUT2D eigenvalue weighted by Crippen LogP contribution is 2.27. The van der Waals surface area contributed by atoms with Gasteiger partial charge in [-0.1, -0.05) is 36.4 Å². The van der Waals surface area contributed by atoms with E-state index in [0.717, 1.165) is 35.5 Å². The van der Waals surface area contributed by atoms with Crippen LogP contribution in [0, 0.1) is 0 Å². The van der Waals surface area contributed by atoms with Crippen molar-refractivity contribution in [2.75, 3.05) is 19.6 Å². The van der Waals surface area contributed by atoms with Gasteiger partial charge in [0, 0.05) is 43.9 Å². The third kappa shape index (κ3) is 4.79. The van der Waals surface area contributed by atoms with Crippen molar-refractivity contribution < 1.29 is 14.7 Å². The zero-order valence-corrected chi connectivity index (χ0v) is 20.0. The SMILES string of the molecule is O=C(c1cccs1)N1CCc2c(c(C(=O)N3CCC(O)CC3)nn2CCCc2ccccc2)C1. The number of piperidine rings is 1. The quantitative estimate of drug-likeness (QED) is 0.589. The van der Waals surface area contributed by atoms with Crippen molar-refractivity contribution in [2.45, 2.75) is 51.3 Å². The molecular weight excluding hydrogens is 448 g/mol. The van der Waals surface area contributed by atoms with Crippen LogP contribution in [0.3, 0.4) is 0 Å². The summed E-state index contributed by atoms with van der Waals surface area (Å²) in [6.07, 6.45) is 3.42. The number of carbonyl (C=O) groups is 2. The van der Waals surface area contributed by atoms with Gasteiger partial charge in [0.25, 0.3) is 11.8 Å². The van der Waals surface area contributed by atoms with Gasteiger partial charge in [0.2, 0.25) is 0 Å². The highest BCUT2D eigenvalue weighted by Gasteiger charge is 2.33. The first-order valence-electron chi connectivity index (χ1n) is 12.0. The Kier molecular flexibility index (Phi) is 6.78. The maximum Gasteiger partial charge on any atom is 0.274 e. The van der Waals surface area contributed by atoms with Gasteiger partial charge in [-0.05, 0) is 42.7 Å². The van der Waals surface area contributed by atoms with E-state index in [-0.39, 0.29) is 17.9 Å². The van der Waals surface area contributed by atoms with Gasteiger partial charge in [-0.2, -0.15) is 5.10 Å². The van der Waals surface area contributed by atoms with Crippen LogP contribution >= 0.6 is 11.3 Å². The van der Waals surface area contributed by atoms with Crippen molar-refractivity contribution in [3.8, 4) is 0 Å². The minimum Gasteiger partial charge on any atom is -0.393 e. The summed E-state index contributed by atoms with van der Waals surface area (Å²) in [6.45, 7) is 2.84. The number of thiophene rings is 1. The lowest BCUT2D eigenvalue weighted by atomic mass is 10.0. The molecule has 0 radical (unpaired) electrons. The lowest BCUT2D eigenvalue weighted by Crippen LogP contribution is -2.41.